The van der Waals surface area contributed by atoms with E-state index in [1.165, 1.54) is 0 Å². The molecule has 0 aliphatic heterocycles. The predicted octanol–water partition coefficient (Wildman–Crippen LogP) is 1.54. The minimum atomic E-state index is -0.264. The van der Waals surface area contributed by atoms with E-state index in [1.807, 2.05) is 19.1 Å². The number of nitrogens with one attached hydrogen (secondary N) is 2. The monoisotopic (exact) mass is 219 g/mol. The second-order valence-electron chi connectivity index (χ2n) is 3.44. The molecule has 2 rings (SSSR count). The lowest BCUT2D eigenvalue weighted by Gasteiger charge is -1.99. The van der Waals surface area contributed by atoms with Crippen LogP contribution in [0.15, 0.2) is 16.5 Å². The number of amides is 1. The summed E-state index contributed by atoms with van der Waals surface area (Å²) in [4.78, 5) is 15.8. The molecular weight excluding hydrogens is 206 g/mol. The molecule has 0 aliphatic rings. The van der Waals surface area contributed by atoms with Gasteiger partial charge in [0.05, 0.1) is 11.1 Å². The fraction of sp³-hybridized carbons (Fsp3) is 0.273. The minimum absolute atomic E-state index is 0.262. The summed E-state index contributed by atoms with van der Waals surface area (Å²) in [5.41, 5.74) is 2.00. The molecule has 0 aromatic carbocycles. The van der Waals surface area contributed by atoms with Crippen LogP contribution in [0, 0.1) is 6.92 Å². The zero-order chi connectivity index (χ0) is 11.7. The standard InChI is InChI=1S/C11H13N3O2/c1-6-4-5-7-8(12-2)9(10(15)13-3)16-11(7)14-6/h4-5,12H,1-3H3,(H,13,15). The third-order valence-electron chi connectivity index (χ3n) is 2.38. The van der Waals surface area contributed by atoms with Crippen molar-refractivity contribution in [2.75, 3.05) is 19.4 Å². The SMILES string of the molecule is CNC(=O)c1oc2nc(C)ccc2c1NC. The maximum atomic E-state index is 11.6. The molecule has 5 nitrogen and oxygen atoms in total. The van der Waals surface area contributed by atoms with E-state index in [1.54, 1.807) is 14.1 Å². The number of carbonyl (C=O) groups is 1. The van der Waals surface area contributed by atoms with Gasteiger partial charge in [-0.05, 0) is 19.1 Å². The highest BCUT2D eigenvalue weighted by molar-refractivity contribution is 6.05. The number of rotatable bonds is 2. The van der Waals surface area contributed by atoms with E-state index >= 15 is 0 Å². The van der Waals surface area contributed by atoms with Crippen molar-refractivity contribution in [2.24, 2.45) is 0 Å². The number of furan rings is 1. The maximum absolute atomic E-state index is 11.6. The lowest BCUT2D eigenvalue weighted by atomic mass is 10.2. The Morgan fingerprint density at radius 2 is 2.12 bits per heavy atom. The molecular formula is C11H13N3O2. The summed E-state index contributed by atoms with van der Waals surface area (Å²) in [6.07, 6.45) is 0. The Balaban J connectivity index is 2.70. The molecule has 0 saturated heterocycles. The van der Waals surface area contributed by atoms with E-state index in [0.717, 1.165) is 11.1 Å². The smallest absolute Gasteiger partial charge is 0.289 e. The highest BCUT2D eigenvalue weighted by Crippen LogP contribution is 2.29. The first-order chi connectivity index (χ1) is 7.67. The fourth-order valence-corrected chi connectivity index (χ4v) is 1.59. The molecule has 0 spiro atoms. The zero-order valence-electron chi connectivity index (χ0n) is 9.42. The maximum Gasteiger partial charge on any atom is 0.289 e. The van der Waals surface area contributed by atoms with Crippen LogP contribution >= 0.6 is 0 Å². The number of nitrogens with zero attached hydrogens (tertiary/aromatic N) is 1. The molecule has 16 heavy (non-hydrogen) atoms. The van der Waals surface area contributed by atoms with Crippen molar-refractivity contribution >= 4 is 22.7 Å². The number of anilines is 1. The van der Waals surface area contributed by atoms with Gasteiger partial charge in [-0.1, -0.05) is 0 Å². The van der Waals surface area contributed by atoms with Crippen molar-refractivity contribution in [3.05, 3.63) is 23.6 Å². The largest absolute Gasteiger partial charge is 0.430 e. The van der Waals surface area contributed by atoms with Gasteiger partial charge >= 0.3 is 0 Å². The normalized spacial score (nSPS) is 10.4. The van der Waals surface area contributed by atoms with Crippen molar-refractivity contribution in [2.45, 2.75) is 6.92 Å². The summed E-state index contributed by atoms with van der Waals surface area (Å²) < 4.78 is 5.44. The van der Waals surface area contributed by atoms with Crippen molar-refractivity contribution in [1.82, 2.24) is 10.3 Å². The van der Waals surface area contributed by atoms with Crippen LogP contribution in [0.2, 0.25) is 0 Å². The van der Waals surface area contributed by atoms with E-state index in [-0.39, 0.29) is 11.7 Å². The summed E-state index contributed by atoms with van der Waals surface area (Å²) >= 11 is 0. The average molecular weight is 219 g/mol. The molecule has 2 N–H and O–H groups in total. The molecule has 0 atom stereocenters. The van der Waals surface area contributed by atoms with Crippen LogP contribution in [0.3, 0.4) is 0 Å². The Morgan fingerprint density at radius 1 is 1.38 bits per heavy atom. The molecule has 0 saturated carbocycles. The van der Waals surface area contributed by atoms with Gasteiger partial charge in [0, 0.05) is 19.8 Å². The van der Waals surface area contributed by atoms with E-state index in [2.05, 4.69) is 15.6 Å². The van der Waals surface area contributed by atoms with Gasteiger partial charge in [0.15, 0.2) is 0 Å². The van der Waals surface area contributed by atoms with Crippen LogP contribution in [-0.2, 0) is 0 Å². The van der Waals surface area contributed by atoms with Gasteiger partial charge in [0.2, 0.25) is 11.5 Å². The molecule has 0 aliphatic carbocycles. The number of fused-ring (bicyclic) bond motifs is 1. The molecule has 2 aromatic rings. The highest BCUT2D eigenvalue weighted by Gasteiger charge is 2.19. The van der Waals surface area contributed by atoms with Crippen molar-refractivity contribution < 1.29 is 9.21 Å². The number of carbonyl (C=O) groups excluding carboxylic acids is 1. The van der Waals surface area contributed by atoms with Crippen LogP contribution < -0.4 is 10.6 Å². The topological polar surface area (TPSA) is 67.2 Å². The number of pyridine rings is 1. The number of hydrogen-bond acceptors (Lipinski definition) is 4. The molecule has 84 valence electrons. The predicted molar refractivity (Wildman–Crippen MR) is 61.7 cm³/mol. The van der Waals surface area contributed by atoms with Gasteiger partial charge in [0.1, 0.15) is 0 Å². The first kappa shape index (κ1) is 10.5. The number of hydrogen-bond donors (Lipinski definition) is 2. The first-order valence-electron chi connectivity index (χ1n) is 4.97. The average Bonchev–Trinajstić information content (AvgIpc) is 2.65. The van der Waals surface area contributed by atoms with Crippen LogP contribution in [0.4, 0.5) is 5.69 Å². The number of aryl methyl sites for hydroxylation is 1. The summed E-state index contributed by atoms with van der Waals surface area (Å²) in [6.45, 7) is 1.88. The molecule has 5 heteroatoms. The van der Waals surface area contributed by atoms with Gasteiger partial charge < -0.3 is 15.1 Å². The highest BCUT2D eigenvalue weighted by atomic mass is 16.4. The fourth-order valence-electron chi connectivity index (χ4n) is 1.59. The molecule has 2 aromatic heterocycles. The molecule has 1 amide bonds. The van der Waals surface area contributed by atoms with Gasteiger partial charge in [-0.25, -0.2) is 4.98 Å². The summed E-state index contributed by atoms with van der Waals surface area (Å²) in [7, 11) is 3.31. The van der Waals surface area contributed by atoms with Crippen LogP contribution in [0.5, 0.6) is 0 Å². The zero-order valence-corrected chi connectivity index (χ0v) is 9.42. The Labute approximate surface area is 92.8 Å². The van der Waals surface area contributed by atoms with E-state index in [9.17, 15) is 4.79 Å². The van der Waals surface area contributed by atoms with Crippen molar-refractivity contribution in [3.8, 4) is 0 Å². The molecule has 0 unspecified atom stereocenters. The van der Waals surface area contributed by atoms with E-state index in [4.69, 9.17) is 4.42 Å². The molecule has 0 radical (unpaired) electrons. The van der Waals surface area contributed by atoms with Crippen molar-refractivity contribution in [1.29, 1.82) is 0 Å². The van der Waals surface area contributed by atoms with E-state index < -0.39 is 0 Å². The molecule has 0 bridgehead atoms. The lowest BCUT2D eigenvalue weighted by Crippen LogP contribution is -2.18. The molecule has 2 heterocycles. The summed E-state index contributed by atoms with van der Waals surface area (Å²) in [6, 6.07) is 3.77. The summed E-state index contributed by atoms with van der Waals surface area (Å²) in [5, 5.41) is 6.30. The van der Waals surface area contributed by atoms with Crippen LogP contribution in [-0.4, -0.2) is 25.0 Å². The van der Waals surface area contributed by atoms with Gasteiger partial charge in [-0.15, -0.1) is 0 Å². The van der Waals surface area contributed by atoms with Gasteiger partial charge in [0.25, 0.3) is 5.91 Å². The minimum Gasteiger partial charge on any atom is -0.430 e. The summed E-state index contributed by atoms with van der Waals surface area (Å²) in [5.74, 6) is -0.00176. The third kappa shape index (κ3) is 1.50. The van der Waals surface area contributed by atoms with Gasteiger partial charge in [-0.3, -0.25) is 4.79 Å². The first-order valence-corrected chi connectivity index (χ1v) is 4.97. The van der Waals surface area contributed by atoms with Gasteiger partial charge in [-0.2, -0.15) is 0 Å². The Bertz CT molecular complexity index is 545. The van der Waals surface area contributed by atoms with E-state index in [0.29, 0.717) is 11.4 Å². The quantitative estimate of drug-likeness (QED) is 0.804. The lowest BCUT2D eigenvalue weighted by molar-refractivity contribution is 0.0938. The number of aromatic nitrogens is 1. The Morgan fingerprint density at radius 3 is 2.75 bits per heavy atom. The third-order valence-corrected chi connectivity index (χ3v) is 2.38. The Kier molecular flexibility index (Phi) is 2.52. The van der Waals surface area contributed by atoms with Crippen LogP contribution in [0.1, 0.15) is 16.2 Å². The second kappa shape index (κ2) is 3.84. The van der Waals surface area contributed by atoms with Crippen LogP contribution in [0.25, 0.3) is 11.1 Å². The second-order valence-corrected chi connectivity index (χ2v) is 3.44. The van der Waals surface area contributed by atoms with Crippen molar-refractivity contribution in [3.63, 3.8) is 0 Å². The molecule has 0 fully saturated rings. The Hall–Kier alpha value is -2.04.